The average Bonchev–Trinajstić information content (AvgIpc) is 2.79. The Morgan fingerprint density at radius 2 is 1.80 bits per heavy atom. The summed E-state index contributed by atoms with van der Waals surface area (Å²) in [5.41, 5.74) is 0.826. The summed E-state index contributed by atoms with van der Waals surface area (Å²) in [4.78, 5) is 0. The van der Waals surface area contributed by atoms with Gasteiger partial charge in [-0.25, -0.2) is 8.78 Å². The fourth-order valence-corrected chi connectivity index (χ4v) is 3.06. The smallest absolute Gasteiger partial charge is 0.129 e. The number of rotatable bonds is 4. The molecule has 0 unspecified atom stereocenters. The van der Waals surface area contributed by atoms with Crippen molar-refractivity contribution >= 4 is 0 Å². The van der Waals surface area contributed by atoms with Crippen LogP contribution in [0.15, 0.2) is 18.2 Å². The number of hydrogen-bond donors (Lipinski definition) is 1. The minimum absolute atomic E-state index is 0.0664. The zero-order chi connectivity index (χ0) is 14.8. The SMILES string of the molecule is CC(C)(C)NCC1(Cc2ccc(F)cc2F)CCCC1. The van der Waals surface area contributed by atoms with Crippen LogP contribution in [0.2, 0.25) is 0 Å². The summed E-state index contributed by atoms with van der Waals surface area (Å²) < 4.78 is 26.9. The monoisotopic (exact) mass is 281 g/mol. The fraction of sp³-hybridized carbons (Fsp3) is 0.647. The highest BCUT2D eigenvalue weighted by molar-refractivity contribution is 5.20. The van der Waals surface area contributed by atoms with E-state index in [1.165, 1.54) is 18.9 Å². The molecule has 0 atom stereocenters. The van der Waals surface area contributed by atoms with Gasteiger partial charge in [0.05, 0.1) is 0 Å². The molecule has 0 saturated heterocycles. The van der Waals surface area contributed by atoms with E-state index in [-0.39, 0.29) is 11.0 Å². The molecule has 1 aromatic rings. The van der Waals surface area contributed by atoms with Gasteiger partial charge in [-0.3, -0.25) is 0 Å². The van der Waals surface area contributed by atoms with Crippen molar-refractivity contribution in [2.75, 3.05) is 6.54 Å². The van der Waals surface area contributed by atoms with Crippen molar-refractivity contribution < 1.29 is 8.78 Å². The molecule has 1 aromatic carbocycles. The molecule has 0 heterocycles. The second-order valence-corrected chi connectivity index (χ2v) is 7.22. The summed E-state index contributed by atoms with van der Waals surface area (Å²) in [5, 5.41) is 3.56. The Hall–Kier alpha value is -0.960. The molecule has 1 N–H and O–H groups in total. The third-order valence-electron chi connectivity index (χ3n) is 4.24. The molecular weight excluding hydrogens is 256 g/mol. The molecule has 1 saturated carbocycles. The molecule has 1 aliphatic rings. The fourth-order valence-electron chi connectivity index (χ4n) is 3.06. The molecule has 20 heavy (non-hydrogen) atoms. The van der Waals surface area contributed by atoms with Gasteiger partial charge in [0.25, 0.3) is 0 Å². The first-order chi connectivity index (χ1) is 9.30. The zero-order valence-electron chi connectivity index (χ0n) is 12.7. The lowest BCUT2D eigenvalue weighted by Gasteiger charge is -2.33. The maximum Gasteiger partial charge on any atom is 0.129 e. The number of halogens is 2. The van der Waals surface area contributed by atoms with Crippen molar-refractivity contribution in [1.29, 1.82) is 0 Å². The first-order valence-electron chi connectivity index (χ1n) is 7.49. The van der Waals surface area contributed by atoms with Gasteiger partial charge in [-0.1, -0.05) is 18.9 Å². The molecular formula is C17H25F2N. The molecule has 0 bridgehead atoms. The summed E-state index contributed by atoms with van der Waals surface area (Å²) >= 11 is 0. The van der Waals surface area contributed by atoms with E-state index in [0.29, 0.717) is 12.0 Å². The zero-order valence-corrected chi connectivity index (χ0v) is 12.7. The van der Waals surface area contributed by atoms with Crippen molar-refractivity contribution in [3.63, 3.8) is 0 Å². The minimum Gasteiger partial charge on any atom is -0.312 e. The Morgan fingerprint density at radius 1 is 1.15 bits per heavy atom. The van der Waals surface area contributed by atoms with E-state index in [1.54, 1.807) is 6.07 Å². The van der Waals surface area contributed by atoms with E-state index in [2.05, 4.69) is 26.1 Å². The molecule has 0 spiro atoms. The lowest BCUT2D eigenvalue weighted by molar-refractivity contribution is 0.242. The van der Waals surface area contributed by atoms with Crippen molar-refractivity contribution in [3.8, 4) is 0 Å². The average molecular weight is 281 g/mol. The Balaban J connectivity index is 2.12. The van der Waals surface area contributed by atoms with E-state index in [4.69, 9.17) is 0 Å². The Labute approximate surface area is 120 Å². The minimum atomic E-state index is -0.500. The Kier molecular flexibility index (Phi) is 4.48. The lowest BCUT2D eigenvalue weighted by Crippen LogP contribution is -2.44. The maximum atomic E-state index is 13.9. The van der Waals surface area contributed by atoms with Crippen LogP contribution < -0.4 is 5.32 Å². The van der Waals surface area contributed by atoms with Gasteiger partial charge in [0.1, 0.15) is 11.6 Å². The van der Waals surface area contributed by atoms with Gasteiger partial charge in [0, 0.05) is 18.2 Å². The highest BCUT2D eigenvalue weighted by atomic mass is 19.1. The van der Waals surface area contributed by atoms with Crippen LogP contribution in [0.1, 0.15) is 52.0 Å². The second-order valence-electron chi connectivity index (χ2n) is 7.22. The van der Waals surface area contributed by atoms with E-state index in [0.717, 1.165) is 25.5 Å². The molecule has 1 fully saturated rings. The van der Waals surface area contributed by atoms with Gasteiger partial charge in [0.15, 0.2) is 0 Å². The van der Waals surface area contributed by atoms with Crippen LogP contribution in [0, 0.1) is 17.0 Å². The molecule has 112 valence electrons. The van der Waals surface area contributed by atoms with E-state index in [1.807, 2.05) is 0 Å². The van der Waals surface area contributed by atoms with Gasteiger partial charge in [-0.15, -0.1) is 0 Å². The Bertz CT molecular complexity index is 457. The van der Waals surface area contributed by atoms with Crippen LogP contribution in [0.25, 0.3) is 0 Å². The maximum absolute atomic E-state index is 13.9. The number of benzene rings is 1. The topological polar surface area (TPSA) is 12.0 Å². The third-order valence-corrected chi connectivity index (χ3v) is 4.24. The summed E-state index contributed by atoms with van der Waals surface area (Å²) in [7, 11) is 0. The van der Waals surface area contributed by atoms with Crippen molar-refractivity contribution in [2.24, 2.45) is 5.41 Å². The molecule has 3 heteroatoms. The second kappa shape index (κ2) is 5.80. The molecule has 0 amide bonds. The van der Waals surface area contributed by atoms with E-state index in [9.17, 15) is 8.78 Å². The largest absolute Gasteiger partial charge is 0.312 e. The van der Waals surface area contributed by atoms with Crippen LogP contribution in [-0.2, 0) is 6.42 Å². The molecule has 1 aliphatic carbocycles. The van der Waals surface area contributed by atoms with Crippen LogP contribution in [0.3, 0.4) is 0 Å². The van der Waals surface area contributed by atoms with E-state index >= 15 is 0 Å². The van der Waals surface area contributed by atoms with Gasteiger partial charge in [-0.2, -0.15) is 0 Å². The normalized spacial score (nSPS) is 18.4. The molecule has 2 rings (SSSR count). The van der Waals surface area contributed by atoms with Crippen molar-refractivity contribution in [2.45, 2.75) is 58.4 Å². The lowest BCUT2D eigenvalue weighted by atomic mass is 9.79. The van der Waals surface area contributed by atoms with Crippen molar-refractivity contribution in [3.05, 3.63) is 35.4 Å². The third kappa shape index (κ3) is 4.02. The summed E-state index contributed by atoms with van der Waals surface area (Å²) in [6.07, 6.45) is 5.34. The highest BCUT2D eigenvalue weighted by Crippen LogP contribution is 2.41. The first-order valence-corrected chi connectivity index (χ1v) is 7.49. The predicted molar refractivity (Wildman–Crippen MR) is 78.7 cm³/mol. The summed E-state index contributed by atoms with van der Waals surface area (Å²) in [6.45, 7) is 7.34. The molecule has 1 nitrogen and oxygen atoms in total. The number of hydrogen-bond acceptors (Lipinski definition) is 1. The first kappa shape index (κ1) is 15.4. The summed E-state index contributed by atoms with van der Waals surface area (Å²) in [6, 6.07) is 3.95. The molecule has 0 aromatic heterocycles. The van der Waals surface area contributed by atoms with Gasteiger partial charge in [0.2, 0.25) is 0 Å². The molecule has 0 aliphatic heterocycles. The van der Waals surface area contributed by atoms with Gasteiger partial charge < -0.3 is 5.32 Å². The van der Waals surface area contributed by atoms with Gasteiger partial charge in [-0.05, 0) is 57.1 Å². The van der Waals surface area contributed by atoms with Crippen LogP contribution in [0.5, 0.6) is 0 Å². The predicted octanol–water partition coefficient (Wildman–Crippen LogP) is 4.46. The van der Waals surface area contributed by atoms with Crippen molar-refractivity contribution in [1.82, 2.24) is 5.32 Å². The quantitative estimate of drug-likeness (QED) is 0.859. The number of nitrogens with one attached hydrogen (secondary N) is 1. The van der Waals surface area contributed by atoms with Crippen LogP contribution in [0.4, 0.5) is 8.78 Å². The van der Waals surface area contributed by atoms with Crippen LogP contribution >= 0.6 is 0 Å². The van der Waals surface area contributed by atoms with Gasteiger partial charge >= 0.3 is 0 Å². The summed E-state index contributed by atoms with van der Waals surface area (Å²) in [5.74, 6) is -0.911. The highest BCUT2D eigenvalue weighted by Gasteiger charge is 2.35. The Morgan fingerprint density at radius 3 is 2.35 bits per heavy atom. The van der Waals surface area contributed by atoms with E-state index < -0.39 is 11.6 Å². The standard InChI is InChI=1S/C17H25F2N/c1-16(2,3)20-12-17(8-4-5-9-17)11-13-6-7-14(18)10-15(13)19/h6-7,10,20H,4-5,8-9,11-12H2,1-3H3. The van der Waals surface area contributed by atoms with Crippen LogP contribution in [-0.4, -0.2) is 12.1 Å². The molecule has 0 radical (unpaired) electrons.